The first-order valence-corrected chi connectivity index (χ1v) is 9.38. The molecule has 27 heavy (non-hydrogen) atoms. The van der Waals surface area contributed by atoms with Crippen molar-refractivity contribution in [3.63, 3.8) is 0 Å². The Morgan fingerprint density at radius 3 is 2.44 bits per heavy atom. The number of rotatable bonds is 8. The van der Waals surface area contributed by atoms with Crippen molar-refractivity contribution in [3.8, 4) is 5.75 Å². The zero-order valence-electron chi connectivity index (χ0n) is 16.4. The van der Waals surface area contributed by atoms with Gasteiger partial charge in [0.1, 0.15) is 5.75 Å². The summed E-state index contributed by atoms with van der Waals surface area (Å²) in [5, 5.41) is 11.7. The minimum absolute atomic E-state index is 0.696. The molecule has 0 aliphatic carbocycles. The van der Waals surface area contributed by atoms with Gasteiger partial charge in [0.2, 0.25) is 5.95 Å². The number of nitrogens with one attached hydrogen (secondary N) is 1. The second-order valence-corrected chi connectivity index (χ2v) is 6.90. The van der Waals surface area contributed by atoms with E-state index in [-0.39, 0.29) is 0 Å². The van der Waals surface area contributed by atoms with Crippen molar-refractivity contribution < 1.29 is 4.74 Å². The lowest BCUT2D eigenvalue weighted by molar-refractivity contribution is 0.405. The van der Waals surface area contributed by atoms with Crippen molar-refractivity contribution in [2.45, 2.75) is 6.42 Å². The fourth-order valence-corrected chi connectivity index (χ4v) is 3.08. The van der Waals surface area contributed by atoms with Crippen LogP contribution < -0.4 is 19.9 Å². The Morgan fingerprint density at radius 1 is 1.07 bits per heavy atom. The lowest BCUT2D eigenvalue weighted by Crippen LogP contribution is -2.47. The maximum Gasteiger partial charge on any atom is 0.247 e. The molecule has 0 atom stereocenters. The number of hydrogen-bond acceptors (Lipinski definition) is 8. The van der Waals surface area contributed by atoms with Gasteiger partial charge in [0.25, 0.3) is 0 Å². The van der Waals surface area contributed by atoms with Gasteiger partial charge in [0.05, 0.1) is 13.3 Å². The molecule has 1 aliphatic heterocycles. The predicted octanol–water partition coefficient (Wildman–Crippen LogP) is 1.57. The molecule has 0 unspecified atom stereocenters. The van der Waals surface area contributed by atoms with Crippen LogP contribution in [-0.2, 0) is 0 Å². The number of piperazine rings is 1. The third-order valence-electron chi connectivity index (χ3n) is 4.64. The number of ether oxygens (including phenoxy) is 1. The third kappa shape index (κ3) is 5.43. The minimum Gasteiger partial charge on any atom is -0.497 e. The van der Waals surface area contributed by atoms with Gasteiger partial charge in [0, 0.05) is 38.4 Å². The zero-order valence-corrected chi connectivity index (χ0v) is 16.4. The van der Waals surface area contributed by atoms with Crippen LogP contribution in [0.3, 0.4) is 0 Å². The average Bonchev–Trinajstić information content (AvgIpc) is 2.71. The first kappa shape index (κ1) is 19.2. The molecule has 1 aromatic carbocycles. The summed E-state index contributed by atoms with van der Waals surface area (Å²) in [4.78, 5) is 11.4. The Bertz CT molecular complexity index is 699. The van der Waals surface area contributed by atoms with Gasteiger partial charge in [-0.2, -0.15) is 10.1 Å². The summed E-state index contributed by atoms with van der Waals surface area (Å²) in [5.74, 6) is 2.37. The molecule has 0 saturated carbocycles. The molecule has 0 radical (unpaired) electrons. The second-order valence-electron chi connectivity index (χ2n) is 6.90. The number of anilines is 3. The molecule has 1 aliphatic rings. The third-order valence-corrected chi connectivity index (χ3v) is 4.64. The van der Waals surface area contributed by atoms with Gasteiger partial charge >= 0.3 is 0 Å². The maximum atomic E-state index is 5.23. The quantitative estimate of drug-likeness (QED) is 0.702. The van der Waals surface area contributed by atoms with Gasteiger partial charge in [-0.25, -0.2) is 0 Å². The normalized spacial score (nSPS) is 14.5. The number of hydrogen-bond donors (Lipinski definition) is 1. The van der Waals surface area contributed by atoms with Crippen LogP contribution >= 0.6 is 0 Å². The molecule has 2 aromatic rings. The Balaban J connectivity index is 1.52. The van der Waals surface area contributed by atoms with Crippen molar-refractivity contribution >= 4 is 17.5 Å². The molecule has 3 rings (SSSR count). The van der Waals surface area contributed by atoms with Crippen LogP contribution in [0, 0.1) is 0 Å². The summed E-state index contributed by atoms with van der Waals surface area (Å²) in [5.41, 5.74) is 1.21. The Hall–Kier alpha value is -2.61. The largest absolute Gasteiger partial charge is 0.497 e. The van der Waals surface area contributed by atoms with Crippen LogP contribution in [0.2, 0.25) is 0 Å². The van der Waals surface area contributed by atoms with Gasteiger partial charge in [-0.1, -0.05) is 0 Å². The molecule has 1 fully saturated rings. The number of nitrogens with zero attached hydrogens (tertiary/aromatic N) is 6. The highest BCUT2D eigenvalue weighted by Crippen LogP contribution is 2.21. The van der Waals surface area contributed by atoms with Crippen LogP contribution in [0.4, 0.5) is 17.5 Å². The molecule has 1 N–H and O–H groups in total. The topological polar surface area (TPSA) is 69.7 Å². The molecule has 8 heteroatoms. The summed E-state index contributed by atoms with van der Waals surface area (Å²) in [6.07, 6.45) is 2.75. The molecule has 0 bridgehead atoms. The monoisotopic (exact) mass is 371 g/mol. The lowest BCUT2D eigenvalue weighted by Gasteiger charge is -2.36. The van der Waals surface area contributed by atoms with Gasteiger partial charge < -0.3 is 24.8 Å². The summed E-state index contributed by atoms with van der Waals surface area (Å²) < 4.78 is 5.23. The Kier molecular flexibility index (Phi) is 6.64. The van der Waals surface area contributed by atoms with E-state index in [2.05, 4.69) is 61.4 Å². The standard InChI is InChI=1S/C19H29N7O/c1-24(2)10-4-9-20-18-15-21-23-19(22-18)26-13-11-25(12-14-26)16-5-7-17(27-3)8-6-16/h5-8,15H,4,9-14H2,1-3H3,(H,20,22,23). The SMILES string of the molecule is COc1ccc(N2CCN(c3nncc(NCCCN(C)C)n3)CC2)cc1. The van der Waals surface area contributed by atoms with E-state index in [0.717, 1.165) is 57.3 Å². The van der Waals surface area contributed by atoms with Crippen LogP contribution in [0.25, 0.3) is 0 Å². The highest BCUT2D eigenvalue weighted by Gasteiger charge is 2.20. The van der Waals surface area contributed by atoms with Crippen LogP contribution in [0.5, 0.6) is 5.75 Å². The van der Waals surface area contributed by atoms with E-state index in [9.17, 15) is 0 Å². The van der Waals surface area contributed by atoms with Gasteiger partial charge in [-0.15, -0.1) is 5.10 Å². The van der Waals surface area contributed by atoms with Gasteiger partial charge in [-0.05, 0) is 51.3 Å². The predicted molar refractivity (Wildman–Crippen MR) is 109 cm³/mol. The van der Waals surface area contributed by atoms with Crippen molar-refractivity contribution in [3.05, 3.63) is 30.5 Å². The fraction of sp³-hybridized carbons (Fsp3) is 0.526. The van der Waals surface area contributed by atoms with Gasteiger partial charge in [0.15, 0.2) is 5.82 Å². The molecular weight excluding hydrogens is 342 g/mol. The number of benzene rings is 1. The van der Waals surface area contributed by atoms with E-state index < -0.39 is 0 Å². The van der Waals surface area contributed by atoms with Crippen molar-refractivity contribution in [2.24, 2.45) is 0 Å². The summed E-state index contributed by atoms with van der Waals surface area (Å²) in [7, 11) is 5.85. The molecule has 0 amide bonds. The first-order valence-electron chi connectivity index (χ1n) is 9.38. The number of methoxy groups -OCH3 is 1. The first-order chi connectivity index (χ1) is 13.2. The van der Waals surface area contributed by atoms with Crippen molar-refractivity contribution in [1.29, 1.82) is 0 Å². The molecule has 1 aromatic heterocycles. The van der Waals surface area contributed by atoms with E-state index in [1.54, 1.807) is 13.3 Å². The fourth-order valence-electron chi connectivity index (χ4n) is 3.08. The Morgan fingerprint density at radius 2 is 1.78 bits per heavy atom. The van der Waals surface area contributed by atoms with E-state index in [1.807, 2.05) is 12.1 Å². The summed E-state index contributed by atoms with van der Waals surface area (Å²) in [6.45, 7) is 5.52. The smallest absolute Gasteiger partial charge is 0.247 e. The zero-order chi connectivity index (χ0) is 19.1. The minimum atomic E-state index is 0.696. The molecular formula is C19H29N7O. The molecule has 0 spiro atoms. The molecule has 2 heterocycles. The van der Waals surface area contributed by atoms with E-state index in [1.165, 1.54) is 5.69 Å². The molecule has 8 nitrogen and oxygen atoms in total. The van der Waals surface area contributed by atoms with Crippen LogP contribution in [0.1, 0.15) is 6.42 Å². The maximum absolute atomic E-state index is 5.23. The average molecular weight is 371 g/mol. The second kappa shape index (κ2) is 9.36. The highest BCUT2D eigenvalue weighted by atomic mass is 16.5. The summed E-state index contributed by atoms with van der Waals surface area (Å²) in [6, 6.07) is 8.20. The van der Waals surface area contributed by atoms with E-state index in [0.29, 0.717) is 5.95 Å². The van der Waals surface area contributed by atoms with Crippen molar-refractivity contribution in [1.82, 2.24) is 20.1 Å². The van der Waals surface area contributed by atoms with Crippen LogP contribution in [0.15, 0.2) is 30.5 Å². The van der Waals surface area contributed by atoms with E-state index >= 15 is 0 Å². The lowest BCUT2D eigenvalue weighted by atomic mass is 10.2. The van der Waals surface area contributed by atoms with Gasteiger partial charge in [-0.3, -0.25) is 0 Å². The molecule has 1 saturated heterocycles. The van der Waals surface area contributed by atoms with Crippen molar-refractivity contribution in [2.75, 3.05) is 75.6 Å². The van der Waals surface area contributed by atoms with Crippen LogP contribution in [-0.4, -0.2) is 80.6 Å². The highest BCUT2D eigenvalue weighted by molar-refractivity contribution is 5.51. The Labute approximate surface area is 161 Å². The number of aromatic nitrogens is 3. The summed E-state index contributed by atoms with van der Waals surface area (Å²) >= 11 is 0. The van der Waals surface area contributed by atoms with E-state index in [4.69, 9.17) is 4.74 Å². The molecule has 146 valence electrons.